The van der Waals surface area contributed by atoms with Crippen LogP contribution in [0.25, 0.3) is 0 Å². The first-order valence-corrected chi connectivity index (χ1v) is 12.0. The molecular weight excluding hydrogens is 436 g/mol. The molecule has 1 N–H and O–H groups in total. The maximum absolute atomic E-state index is 13.4. The van der Waals surface area contributed by atoms with E-state index in [1.807, 2.05) is 37.1 Å². The van der Waals surface area contributed by atoms with E-state index >= 15 is 0 Å². The van der Waals surface area contributed by atoms with Crippen LogP contribution in [0.5, 0.6) is 5.75 Å². The number of benzene rings is 1. The number of fused-ring (bicyclic) bond motifs is 2. The Labute approximate surface area is 201 Å². The highest BCUT2D eigenvalue weighted by Gasteiger charge is 2.68. The van der Waals surface area contributed by atoms with Gasteiger partial charge >= 0.3 is 11.9 Å². The Morgan fingerprint density at radius 1 is 1.24 bits per heavy atom. The molecule has 3 aliphatic rings. The first kappa shape index (κ1) is 24.5. The van der Waals surface area contributed by atoms with E-state index in [4.69, 9.17) is 14.2 Å². The molecule has 2 bridgehead atoms. The average molecular weight is 473 g/mol. The first-order valence-electron chi connectivity index (χ1n) is 12.0. The molecule has 2 heterocycles. The van der Waals surface area contributed by atoms with Crippen molar-refractivity contribution >= 4 is 17.6 Å². The lowest BCUT2D eigenvalue weighted by Gasteiger charge is -2.61. The number of methoxy groups -OCH3 is 2. The van der Waals surface area contributed by atoms with Gasteiger partial charge in [0.1, 0.15) is 5.75 Å². The third-order valence-electron chi connectivity index (χ3n) is 8.11. The van der Waals surface area contributed by atoms with Gasteiger partial charge in [0.05, 0.1) is 20.3 Å². The van der Waals surface area contributed by atoms with Gasteiger partial charge in [-0.05, 0) is 43.9 Å². The standard InChI is InChI=1S/C26H36N2O6/c1-6-25-12-8-14-28-13-7-9-18-10-11-19(32-4)15-20(18)27(3)22(16-21(25)28)26(31,24(30)33-5)23(25)34-17(2)29/h8,10-12,15,21-23,31H,6-7,9,13-14,16H2,1-5H3/t21?,22-,23-,25-,26+/m1/s1. The van der Waals surface area contributed by atoms with Gasteiger partial charge in [-0.3, -0.25) is 9.69 Å². The van der Waals surface area contributed by atoms with Gasteiger partial charge < -0.3 is 24.2 Å². The zero-order valence-electron chi connectivity index (χ0n) is 20.7. The number of rotatable bonds is 4. The highest BCUT2D eigenvalue weighted by molar-refractivity contribution is 5.84. The number of aryl methyl sites for hydroxylation is 1. The van der Waals surface area contributed by atoms with E-state index < -0.39 is 35.1 Å². The third kappa shape index (κ3) is 3.67. The molecule has 0 spiro atoms. The molecule has 5 atom stereocenters. The lowest BCUT2D eigenvalue weighted by atomic mass is 9.57. The molecule has 4 rings (SSSR count). The normalized spacial score (nSPS) is 33.0. The molecule has 1 aromatic carbocycles. The van der Waals surface area contributed by atoms with Crippen LogP contribution in [0, 0.1) is 5.41 Å². The van der Waals surface area contributed by atoms with Gasteiger partial charge in [-0.2, -0.15) is 0 Å². The van der Waals surface area contributed by atoms with Crippen LogP contribution in [0.15, 0.2) is 30.4 Å². The minimum absolute atomic E-state index is 0.0172. The maximum atomic E-state index is 13.4. The van der Waals surface area contributed by atoms with Crippen LogP contribution in [-0.2, 0) is 25.5 Å². The Bertz CT molecular complexity index is 980. The van der Waals surface area contributed by atoms with E-state index in [1.165, 1.54) is 14.0 Å². The number of carbonyl (C=O) groups excluding carboxylic acids is 2. The zero-order valence-corrected chi connectivity index (χ0v) is 20.7. The molecule has 8 nitrogen and oxygen atoms in total. The van der Waals surface area contributed by atoms with Crippen molar-refractivity contribution in [2.24, 2.45) is 5.41 Å². The van der Waals surface area contributed by atoms with Crippen molar-refractivity contribution in [2.75, 3.05) is 39.3 Å². The zero-order chi connectivity index (χ0) is 24.7. The van der Waals surface area contributed by atoms with Crippen LogP contribution in [0.1, 0.15) is 38.7 Å². The molecule has 0 aromatic heterocycles. The molecule has 2 aliphatic heterocycles. The smallest absolute Gasteiger partial charge is 0.344 e. The minimum atomic E-state index is -2.07. The summed E-state index contributed by atoms with van der Waals surface area (Å²) in [5.41, 5.74) is -0.801. The Morgan fingerprint density at radius 2 is 2.00 bits per heavy atom. The minimum Gasteiger partial charge on any atom is -0.497 e. The van der Waals surface area contributed by atoms with Crippen molar-refractivity contribution in [3.8, 4) is 5.75 Å². The molecule has 1 saturated carbocycles. The highest BCUT2D eigenvalue weighted by Crippen LogP contribution is 2.53. The molecule has 186 valence electrons. The summed E-state index contributed by atoms with van der Waals surface area (Å²) < 4.78 is 16.5. The van der Waals surface area contributed by atoms with Crippen molar-refractivity contribution in [3.05, 3.63) is 35.9 Å². The highest BCUT2D eigenvalue weighted by atomic mass is 16.6. The molecule has 1 unspecified atom stereocenters. The van der Waals surface area contributed by atoms with Crippen LogP contribution in [0.2, 0.25) is 0 Å². The second kappa shape index (κ2) is 9.23. The summed E-state index contributed by atoms with van der Waals surface area (Å²) in [7, 11) is 4.76. The second-order valence-corrected chi connectivity index (χ2v) is 9.65. The summed E-state index contributed by atoms with van der Waals surface area (Å²) in [5, 5.41) is 12.3. The molecule has 1 fully saturated rings. The van der Waals surface area contributed by atoms with E-state index in [0.717, 1.165) is 37.2 Å². The monoisotopic (exact) mass is 472 g/mol. The summed E-state index contributed by atoms with van der Waals surface area (Å²) in [6.07, 6.45) is 5.94. The van der Waals surface area contributed by atoms with E-state index in [2.05, 4.69) is 17.1 Å². The molecule has 1 aliphatic carbocycles. The predicted molar refractivity (Wildman–Crippen MR) is 128 cm³/mol. The number of ether oxygens (including phenoxy) is 3. The van der Waals surface area contributed by atoms with E-state index in [0.29, 0.717) is 18.6 Å². The Morgan fingerprint density at radius 3 is 2.65 bits per heavy atom. The van der Waals surface area contributed by atoms with Gasteiger partial charge in [-0.15, -0.1) is 0 Å². The van der Waals surface area contributed by atoms with Gasteiger partial charge in [0.2, 0.25) is 5.60 Å². The van der Waals surface area contributed by atoms with Crippen LogP contribution >= 0.6 is 0 Å². The Hall–Kier alpha value is -2.58. The summed E-state index contributed by atoms with van der Waals surface area (Å²) in [4.78, 5) is 30.1. The van der Waals surface area contributed by atoms with Gasteiger partial charge in [0.25, 0.3) is 0 Å². The van der Waals surface area contributed by atoms with Gasteiger partial charge in [-0.1, -0.05) is 25.1 Å². The fourth-order valence-electron chi connectivity index (χ4n) is 6.45. The Balaban J connectivity index is 1.96. The van der Waals surface area contributed by atoms with Crippen LogP contribution in [0.4, 0.5) is 5.69 Å². The molecule has 0 radical (unpaired) electrons. The van der Waals surface area contributed by atoms with Crippen molar-refractivity contribution in [2.45, 2.75) is 63.3 Å². The average Bonchev–Trinajstić information content (AvgIpc) is 2.84. The summed E-state index contributed by atoms with van der Waals surface area (Å²) in [5.74, 6) is -0.641. The third-order valence-corrected chi connectivity index (χ3v) is 8.11. The lowest BCUT2D eigenvalue weighted by molar-refractivity contribution is -0.222. The van der Waals surface area contributed by atoms with Gasteiger partial charge in [0, 0.05) is 43.7 Å². The molecule has 0 saturated heterocycles. The van der Waals surface area contributed by atoms with Crippen LogP contribution in [0.3, 0.4) is 0 Å². The van der Waals surface area contributed by atoms with Crippen molar-refractivity contribution in [3.63, 3.8) is 0 Å². The number of carbonyl (C=O) groups is 2. The van der Waals surface area contributed by atoms with Crippen molar-refractivity contribution in [1.82, 2.24) is 4.90 Å². The molecule has 34 heavy (non-hydrogen) atoms. The lowest BCUT2D eigenvalue weighted by Crippen LogP contribution is -2.76. The predicted octanol–water partition coefficient (Wildman–Crippen LogP) is 2.32. The quantitative estimate of drug-likeness (QED) is 0.528. The maximum Gasteiger partial charge on any atom is 0.344 e. The molecular formula is C26H36N2O6. The fraction of sp³-hybridized carbons (Fsp3) is 0.615. The number of nitrogens with zero attached hydrogens (tertiary/aromatic N) is 2. The van der Waals surface area contributed by atoms with Crippen LogP contribution in [-0.4, -0.2) is 80.1 Å². The Kier molecular flexibility index (Phi) is 6.66. The number of aliphatic hydroxyl groups is 1. The number of anilines is 1. The van der Waals surface area contributed by atoms with Crippen LogP contribution < -0.4 is 9.64 Å². The van der Waals surface area contributed by atoms with E-state index in [9.17, 15) is 14.7 Å². The number of hydrogen-bond acceptors (Lipinski definition) is 8. The van der Waals surface area contributed by atoms with Crippen molar-refractivity contribution < 1.29 is 28.9 Å². The van der Waals surface area contributed by atoms with Gasteiger partial charge in [0.15, 0.2) is 6.10 Å². The molecule has 8 heteroatoms. The molecule has 1 aromatic rings. The summed E-state index contributed by atoms with van der Waals surface area (Å²) in [6.45, 7) is 4.98. The summed E-state index contributed by atoms with van der Waals surface area (Å²) in [6, 6.07) is 5.21. The second-order valence-electron chi connectivity index (χ2n) is 9.65. The first-order chi connectivity index (χ1) is 16.2. The van der Waals surface area contributed by atoms with E-state index in [-0.39, 0.29) is 6.04 Å². The number of hydrogen-bond donors (Lipinski definition) is 1. The van der Waals surface area contributed by atoms with E-state index in [1.54, 1.807) is 7.11 Å². The largest absolute Gasteiger partial charge is 0.497 e. The topological polar surface area (TPSA) is 88.5 Å². The number of esters is 2. The van der Waals surface area contributed by atoms with Crippen molar-refractivity contribution in [1.29, 1.82) is 0 Å². The number of likely N-dealkylation sites (N-methyl/N-ethyl adjacent to an activating group) is 1. The summed E-state index contributed by atoms with van der Waals surface area (Å²) >= 11 is 0. The SMILES string of the molecule is CC[C@@]12C=CCN3CCCc4ccc(OC)cc4N(C)[C@H](CC31)[C@@](O)(C(=O)OC)[C@@H]2OC(C)=O. The molecule has 0 amide bonds. The fourth-order valence-corrected chi connectivity index (χ4v) is 6.45. The van der Waals surface area contributed by atoms with Gasteiger partial charge in [-0.25, -0.2) is 4.79 Å².